The van der Waals surface area contributed by atoms with Crippen molar-refractivity contribution in [3.63, 3.8) is 0 Å². The van der Waals surface area contributed by atoms with E-state index >= 15 is 0 Å². The summed E-state index contributed by atoms with van der Waals surface area (Å²) in [5, 5.41) is 0.0927. The fourth-order valence-electron chi connectivity index (χ4n) is 2.36. The second-order valence-corrected chi connectivity index (χ2v) is 7.99. The van der Waals surface area contributed by atoms with Crippen LogP contribution in [0.3, 0.4) is 0 Å². The second-order valence-electron chi connectivity index (χ2n) is 4.68. The third-order valence-electron chi connectivity index (χ3n) is 3.31. The van der Waals surface area contributed by atoms with Gasteiger partial charge in [0, 0.05) is 30.3 Å². The van der Waals surface area contributed by atoms with Crippen LogP contribution in [-0.4, -0.2) is 46.2 Å². The highest BCUT2D eigenvalue weighted by atomic mass is 35.5. The quantitative estimate of drug-likeness (QED) is 0.845. The van der Waals surface area contributed by atoms with Crippen LogP contribution in [0.1, 0.15) is 6.92 Å². The largest absolute Gasteiger partial charge is 0.288 e. The van der Waals surface area contributed by atoms with Gasteiger partial charge in [-0.2, -0.15) is 16.1 Å². The Morgan fingerprint density at radius 1 is 1.45 bits per heavy atom. The topological polar surface area (TPSA) is 54.7 Å². The number of aromatic nitrogens is 2. The Labute approximate surface area is 127 Å². The maximum atomic E-state index is 12.9. The average Bonchev–Trinajstić information content (AvgIpc) is 2.75. The predicted octanol–water partition coefficient (Wildman–Crippen LogP) is 2.11. The van der Waals surface area contributed by atoms with Crippen LogP contribution in [0.2, 0.25) is 5.15 Å². The van der Waals surface area contributed by atoms with E-state index < -0.39 is 10.0 Å². The predicted molar refractivity (Wildman–Crippen MR) is 80.9 cm³/mol. The first-order valence-corrected chi connectivity index (χ1v) is 9.21. The number of hydrogen-bond donors (Lipinski definition) is 0. The van der Waals surface area contributed by atoms with Crippen LogP contribution in [-0.2, 0) is 10.0 Å². The van der Waals surface area contributed by atoms with Crippen LogP contribution >= 0.6 is 23.4 Å². The molecule has 0 aliphatic carbocycles. The molecule has 0 saturated carbocycles. The van der Waals surface area contributed by atoms with E-state index in [1.165, 1.54) is 8.71 Å². The third-order valence-corrected chi connectivity index (χ3v) is 6.91. The lowest BCUT2D eigenvalue weighted by molar-refractivity contribution is 0.366. The highest BCUT2D eigenvalue weighted by Crippen LogP contribution is 2.29. The molecule has 2 aromatic rings. The number of sulfonamides is 1. The Bertz CT molecular complexity index is 744. The molecule has 1 fully saturated rings. The van der Waals surface area contributed by atoms with Crippen LogP contribution in [0.25, 0.3) is 5.65 Å². The molecule has 0 amide bonds. The lowest BCUT2D eigenvalue weighted by atomic mass is 10.4. The molecule has 1 atom stereocenters. The Morgan fingerprint density at radius 2 is 2.25 bits per heavy atom. The van der Waals surface area contributed by atoms with Gasteiger partial charge in [-0.3, -0.25) is 4.40 Å². The summed E-state index contributed by atoms with van der Waals surface area (Å²) in [7, 11) is -3.64. The number of fused-ring (bicyclic) bond motifs is 1. The Morgan fingerprint density at radius 3 is 3.00 bits per heavy atom. The smallest absolute Gasteiger partial charge is 0.262 e. The van der Waals surface area contributed by atoms with E-state index in [9.17, 15) is 8.42 Å². The van der Waals surface area contributed by atoms with Gasteiger partial charge in [0.1, 0.15) is 5.65 Å². The summed E-state index contributed by atoms with van der Waals surface area (Å²) in [5.74, 6) is 1.60. The second kappa shape index (κ2) is 5.22. The summed E-state index contributed by atoms with van der Waals surface area (Å²) in [6.07, 6.45) is 1.67. The molecule has 5 nitrogen and oxygen atoms in total. The van der Waals surface area contributed by atoms with Crippen LogP contribution in [0, 0.1) is 0 Å². The van der Waals surface area contributed by atoms with Crippen LogP contribution in [0.5, 0.6) is 0 Å². The molecular formula is C12H14ClN3O2S2. The molecular weight excluding hydrogens is 318 g/mol. The number of imidazole rings is 1. The minimum atomic E-state index is -3.64. The normalized spacial score (nSPS) is 21.4. The molecule has 0 aromatic carbocycles. The fraction of sp³-hybridized carbons (Fsp3) is 0.417. The van der Waals surface area contributed by atoms with E-state index in [1.807, 2.05) is 6.92 Å². The molecule has 1 aliphatic heterocycles. The zero-order valence-corrected chi connectivity index (χ0v) is 13.2. The van der Waals surface area contributed by atoms with E-state index in [2.05, 4.69) is 4.98 Å². The number of hydrogen-bond acceptors (Lipinski definition) is 4. The monoisotopic (exact) mass is 331 g/mol. The Hall–Kier alpha value is -0.760. The summed E-state index contributed by atoms with van der Waals surface area (Å²) in [4.78, 5) is 4.12. The van der Waals surface area contributed by atoms with E-state index in [4.69, 9.17) is 11.6 Å². The van der Waals surface area contributed by atoms with Gasteiger partial charge in [0.2, 0.25) is 0 Å². The standard InChI is InChI=1S/C12H14ClN3O2S2/c1-9-8-19-7-6-16(9)20(17,18)12-11(13)14-10-4-2-3-5-15(10)12/h2-5,9H,6-8H2,1H3. The lowest BCUT2D eigenvalue weighted by Crippen LogP contribution is -2.44. The van der Waals surface area contributed by atoms with E-state index in [-0.39, 0.29) is 16.2 Å². The maximum absolute atomic E-state index is 12.9. The number of pyridine rings is 1. The minimum Gasteiger partial charge on any atom is -0.288 e. The van der Waals surface area contributed by atoms with Crippen molar-refractivity contribution in [1.29, 1.82) is 0 Å². The summed E-state index contributed by atoms with van der Waals surface area (Å²) in [5.41, 5.74) is 0.537. The minimum absolute atomic E-state index is 0.0293. The van der Waals surface area contributed by atoms with Gasteiger partial charge in [0.05, 0.1) is 0 Å². The van der Waals surface area contributed by atoms with Crippen molar-refractivity contribution in [2.24, 2.45) is 0 Å². The summed E-state index contributed by atoms with van der Waals surface area (Å²) >= 11 is 7.84. The molecule has 108 valence electrons. The van der Waals surface area contributed by atoms with E-state index in [0.29, 0.717) is 12.2 Å². The summed E-state index contributed by atoms with van der Waals surface area (Å²) in [6.45, 7) is 2.42. The fourth-order valence-corrected chi connectivity index (χ4v) is 5.81. The van der Waals surface area contributed by atoms with Gasteiger partial charge in [0.15, 0.2) is 10.2 Å². The van der Waals surface area contributed by atoms with E-state index in [1.54, 1.807) is 36.2 Å². The number of halogens is 1. The van der Waals surface area contributed by atoms with E-state index in [0.717, 1.165) is 11.5 Å². The van der Waals surface area contributed by atoms with Crippen molar-refractivity contribution in [2.45, 2.75) is 18.0 Å². The van der Waals surface area contributed by atoms with Gasteiger partial charge in [-0.05, 0) is 19.1 Å². The molecule has 1 aliphatic rings. The van der Waals surface area contributed by atoms with Gasteiger partial charge in [-0.1, -0.05) is 17.7 Å². The zero-order chi connectivity index (χ0) is 14.3. The zero-order valence-electron chi connectivity index (χ0n) is 10.9. The molecule has 0 spiro atoms. The molecule has 20 heavy (non-hydrogen) atoms. The highest BCUT2D eigenvalue weighted by Gasteiger charge is 2.35. The molecule has 3 rings (SSSR count). The van der Waals surface area contributed by atoms with Crippen LogP contribution in [0.4, 0.5) is 0 Å². The molecule has 1 unspecified atom stereocenters. The maximum Gasteiger partial charge on any atom is 0.262 e. The Kier molecular flexibility index (Phi) is 3.70. The number of nitrogens with zero attached hydrogens (tertiary/aromatic N) is 3. The first-order valence-electron chi connectivity index (χ1n) is 6.24. The van der Waals surface area contributed by atoms with Gasteiger partial charge in [-0.25, -0.2) is 13.4 Å². The summed E-state index contributed by atoms with van der Waals surface area (Å²) in [6, 6.07) is 5.26. The van der Waals surface area contributed by atoms with Crippen LogP contribution in [0.15, 0.2) is 29.4 Å². The highest BCUT2D eigenvalue weighted by molar-refractivity contribution is 7.99. The van der Waals surface area contributed by atoms with Crippen molar-refractivity contribution >= 4 is 39.0 Å². The van der Waals surface area contributed by atoms with Crippen molar-refractivity contribution in [1.82, 2.24) is 13.7 Å². The molecule has 2 aromatic heterocycles. The first kappa shape index (κ1) is 14.2. The molecule has 0 radical (unpaired) electrons. The van der Waals surface area contributed by atoms with Gasteiger partial charge < -0.3 is 0 Å². The first-order chi connectivity index (χ1) is 9.51. The SMILES string of the molecule is CC1CSCCN1S(=O)(=O)c1c(Cl)nc2ccccn12. The van der Waals surface area contributed by atoms with Gasteiger partial charge >= 0.3 is 0 Å². The summed E-state index contributed by atoms with van der Waals surface area (Å²) < 4.78 is 28.8. The molecule has 1 saturated heterocycles. The van der Waals surface area contributed by atoms with Gasteiger partial charge in [0.25, 0.3) is 10.0 Å². The molecule has 0 bridgehead atoms. The van der Waals surface area contributed by atoms with Crippen molar-refractivity contribution in [3.05, 3.63) is 29.5 Å². The number of rotatable bonds is 2. The Balaban J connectivity index is 2.16. The van der Waals surface area contributed by atoms with Crippen molar-refractivity contribution in [2.75, 3.05) is 18.1 Å². The van der Waals surface area contributed by atoms with Crippen LogP contribution < -0.4 is 0 Å². The molecule has 0 N–H and O–H groups in total. The molecule has 8 heteroatoms. The van der Waals surface area contributed by atoms with Gasteiger partial charge in [-0.15, -0.1) is 0 Å². The van der Waals surface area contributed by atoms with Crippen molar-refractivity contribution in [3.8, 4) is 0 Å². The average molecular weight is 332 g/mol. The lowest BCUT2D eigenvalue weighted by Gasteiger charge is -2.31. The third kappa shape index (κ3) is 2.22. The molecule has 3 heterocycles. The number of thioether (sulfide) groups is 1. The van der Waals surface area contributed by atoms with Crippen molar-refractivity contribution < 1.29 is 8.42 Å².